The SMILES string of the molecule is COc1ccc(NC(=O)C/C(C)=N\NC(=O)Cc2ccc(Cl)cc2)cc1. The third-order valence-electron chi connectivity index (χ3n) is 3.44. The molecule has 0 saturated carbocycles. The second-order valence-corrected chi connectivity index (χ2v) is 6.08. The highest BCUT2D eigenvalue weighted by atomic mass is 35.5. The van der Waals surface area contributed by atoms with E-state index in [0.29, 0.717) is 22.2 Å². The number of amides is 2. The van der Waals surface area contributed by atoms with Crippen molar-refractivity contribution in [1.82, 2.24) is 5.43 Å². The summed E-state index contributed by atoms with van der Waals surface area (Å²) in [6.07, 6.45) is 0.263. The van der Waals surface area contributed by atoms with E-state index in [4.69, 9.17) is 16.3 Å². The first-order valence-corrected chi connectivity index (χ1v) is 8.34. The number of nitrogens with one attached hydrogen (secondary N) is 2. The molecule has 0 aromatic heterocycles. The highest BCUT2D eigenvalue weighted by Crippen LogP contribution is 2.15. The minimum absolute atomic E-state index is 0.0766. The molecule has 2 amide bonds. The maximum absolute atomic E-state index is 12.0. The molecular formula is C19H20ClN3O3. The van der Waals surface area contributed by atoms with Crippen LogP contribution in [0.4, 0.5) is 5.69 Å². The predicted molar refractivity (Wildman–Crippen MR) is 103 cm³/mol. The summed E-state index contributed by atoms with van der Waals surface area (Å²) in [5, 5.41) is 7.33. The van der Waals surface area contributed by atoms with Gasteiger partial charge in [0.15, 0.2) is 0 Å². The second-order valence-electron chi connectivity index (χ2n) is 5.64. The zero-order chi connectivity index (χ0) is 18.9. The Balaban J connectivity index is 1.79. The van der Waals surface area contributed by atoms with Gasteiger partial charge in [0.1, 0.15) is 5.75 Å². The van der Waals surface area contributed by atoms with E-state index in [0.717, 1.165) is 5.56 Å². The maximum Gasteiger partial charge on any atom is 0.244 e. The number of hydrogen-bond donors (Lipinski definition) is 2. The molecule has 136 valence electrons. The standard InChI is InChI=1S/C19H20ClN3O3/c1-13(11-18(24)21-16-7-9-17(26-2)10-8-16)22-23-19(25)12-14-3-5-15(20)6-4-14/h3-10H,11-12H2,1-2H3,(H,21,24)(H,23,25)/b22-13-. The van der Waals surface area contributed by atoms with Crippen LogP contribution in [0.15, 0.2) is 53.6 Å². The Morgan fingerprint density at radius 2 is 1.69 bits per heavy atom. The van der Waals surface area contributed by atoms with Gasteiger partial charge in [-0.3, -0.25) is 9.59 Å². The first kappa shape index (κ1) is 19.5. The Kier molecular flexibility index (Phi) is 7.17. The number of rotatable bonds is 7. The molecule has 0 saturated heterocycles. The molecule has 2 aromatic carbocycles. The van der Waals surface area contributed by atoms with Crippen LogP contribution in [0.25, 0.3) is 0 Å². The third kappa shape index (κ3) is 6.57. The average Bonchev–Trinajstić information content (AvgIpc) is 2.62. The van der Waals surface area contributed by atoms with Crippen LogP contribution in [0.1, 0.15) is 18.9 Å². The van der Waals surface area contributed by atoms with Crippen LogP contribution in [0, 0.1) is 0 Å². The van der Waals surface area contributed by atoms with Gasteiger partial charge in [-0.2, -0.15) is 5.10 Å². The molecule has 0 fully saturated rings. The van der Waals surface area contributed by atoms with Crippen molar-refractivity contribution in [3.05, 3.63) is 59.1 Å². The topological polar surface area (TPSA) is 79.8 Å². The number of hydrazone groups is 1. The van der Waals surface area contributed by atoms with Gasteiger partial charge < -0.3 is 10.1 Å². The van der Waals surface area contributed by atoms with Gasteiger partial charge in [-0.05, 0) is 48.9 Å². The van der Waals surface area contributed by atoms with Crippen molar-refractivity contribution < 1.29 is 14.3 Å². The van der Waals surface area contributed by atoms with Crippen molar-refractivity contribution in [3.8, 4) is 5.75 Å². The van der Waals surface area contributed by atoms with Crippen molar-refractivity contribution in [2.75, 3.05) is 12.4 Å². The predicted octanol–water partition coefficient (Wildman–Crippen LogP) is 3.41. The molecule has 0 spiro atoms. The molecule has 0 heterocycles. The molecule has 2 rings (SSSR count). The smallest absolute Gasteiger partial charge is 0.244 e. The molecule has 0 unspecified atom stereocenters. The molecule has 0 atom stereocenters. The van der Waals surface area contributed by atoms with Crippen molar-refractivity contribution in [1.29, 1.82) is 0 Å². The van der Waals surface area contributed by atoms with Crippen LogP contribution in [-0.4, -0.2) is 24.6 Å². The van der Waals surface area contributed by atoms with Crippen molar-refractivity contribution in [2.45, 2.75) is 19.8 Å². The van der Waals surface area contributed by atoms with Crippen LogP contribution >= 0.6 is 11.6 Å². The molecule has 0 bridgehead atoms. The number of carbonyl (C=O) groups is 2. The molecule has 26 heavy (non-hydrogen) atoms. The summed E-state index contributed by atoms with van der Waals surface area (Å²) in [6.45, 7) is 1.68. The molecular weight excluding hydrogens is 354 g/mol. The van der Waals surface area contributed by atoms with Crippen LogP contribution in [0.5, 0.6) is 5.75 Å². The van der Waals surface area contributed by atoms with E-state index >= 15 is 0 Å². The minimum atomic E-state index is -0.262. The van der Waals surface area contributed by atoms with E-state index in [1.807, 2.05) is 0 Å². The number of hydrogen-bond acceptors (Lipinski definition) is 4. The number of benzene rings is 2. The fraction of sp³-hybridized carbons (Fsp3) is 0.211. The molecule has 6 nitrogen and oxygen atoms in total. The first-order valence-electron chi connectivity index (χ1n) is 7.96. The fourth-order valence-electron chi connectivity index (χ4n) is 2.14. The van der Waals surface area contributed by atoms with Gasteiger partial charge >= 0.3 is 0 Å². The van der Waals surface area contributed by atoms with Gasteiger partial charge in [-0.15, -0.1) is 0 Å². The Hall–Kier alpha value is -2.86. The Bertz CT molecular complexity index is 787. The van der Waals surface area contributed by atoms with Gasteiger partial charge in [0.25, 0.3) is 0 Å². The third-order valence-corrected chi connectivity index (χ3v) is 3.69. The highest BCUT2D eigenvalue weighted by Gasteiger charge is 2.07. The molecule has 0 aliphatic rings. The average molecular weight is 374 g/mol. The molecule has 2 aromatic rings. The second kappa shape index (κ2) is 9.58. The Labute approximate surface area is 157 Å². The lowest BCUT2D eigenvalue weighted by molar-refractivity contribution is -0.120. The number of anilines is 1. The molecule has 0 aliphatic heterocycles. The van der Waals surface area contributed by atoms with Crippen LogP contribution in [0.2, 0.25) is 5.02 Å². The van der Waals surface area contributed by atoms with E-state index < -0.39 is 0 Å². The summed E-state index contributed by atoms with van der Waals surface area (Å²) in [5.74, 6) is 0.231. The fourth-order valence-corrected chi connectivity index (χ4v) is 2.26. The van der Waals surface area contributed by atoms with E-state index in [2.05, 4.69) is 15.8 Å². The van der Waals surface area contributed by atoms with Crippen LogP contribution < -0.4 is 15.5 Å². The summed E-state index contributed by atoms with van der Waals surface area (Å²) < 4.78 is 5.06. The van der Waals surface area contributed by atoms with Gasteiger partial charge in [-0.1, -0.05) is 23.7 Å². The highest BCUT2D eigenvalue weighted by molar-refractivity contribution is 6.30. The first-order chi connectivity index (χ1) is 12.5. The zero-order valence-corrected chi connectivity index (χ0v) is 15.3. The Morgan fingerprint density at radius 3 is 2.31 bits per heavy atom. The number of ether oxygens (including phenoxy) is 1. The monoisotopic (exact) mass is 373 g/mol. The number of nitrogens with zero attached hydrogens (tertiary/aromatic N) is 1. The molecule has 0 radical (unpaired) electrons. The van der Waals surface area contributed by atoms with E-state index in [1.165, 1.54) is 0 Å². The number of methoxy groups -OCH3 is 1. The molecule has 0 aliphatic carbocycles. The minimum Gasteiger partial charge on any atom is -0.497 e. The van der Waals surface area contributed by atoms with Crippen LogP contribution in [0.3, 0.4) is 0 Å². The van der Waals surface area contributed by atoms with Gasteiger partial charge in [0.2, 0.25) is 11.8 Å². The lowest BCUT2D eigenvalue weighted by atomic mass is 10.1. The quantitative estimate of drug-likeness (QED) is 0.576. The van der Waals surface area contributed by atoms with Gasteiger partial charge in [0.05, 0.1) is 20.0 Å². The van der Waals surface area contributed by atoms with Gasteiger partial charge in [0, 0.05) is 16.4 Å². The summed E-state index contributed by atoms with van der Waals surface area (Å²) in [6, 6.07) is 14.0. The van der Waals surface area contributed by atoms with Crippen molar-refractivity contribution >= 4 is 34.8 Å². The number of halogens is 1. The maximum atomic E-state index is 12.0. The molecule has 7 heteroatoms. The summed E-state index contributed by atoms with van der Waals surface area (Å²) in [4.78, 5) is 23.9. The van der Waals surface area contributed by atoms with E-state index in [9.17, 15) is 9.59 Å². The Morgan fingerprint density at radius 1 is 1.04 bits per heavy atom. The lowest BCUT2D eigenvalue weighted by Gasteiger charge is -2.06. The zero-order valence-electron chi connectivity index (χ0n) is 14.6. The van der Waals surface area contributed by atoms with Gasteiger partial charge in [-0.25, -0.2) is 5.43 Å². The summed E-state index contributed by atoms with van der Waals surface area (Å²) >= 11 is 5.81. The van der Waals surface area contributed by atoms with E-state index in [-0.39, 0.29) is 24.7 Å². The summed E-state index contributed by atoms with van der Waals surface area (Å²) in [7, 11) is 1.58. The molecule has 2 N–H and O–H groups in total. The largest absolute Gasteiger partial charge is 0.497 e. The summed E-state index contributed by atoms with van der Waals surface area (Å²) in [5.41, 5.74) is 4.44. The lowest BCUT2D eigenvalue weighted by Crippen LogP contribution is -2.22. The van der Waals surface area contributed by atoms with E-state index in [1.54, 1.807) is 62.6 Å². The van der Waals surface area contributed by atoms with Crippen molar-refractivity contribution in [3.63, 3.8) is 0 Å². The van der Waals surface area contributed by atoms with Crippen molar-refractivity contribution in [2.24, 2.45) is 5.10 Å². The van der Waals surface area contributed by atoms with Crippen LogP contribution in [-0.2, 0) is 16.0 Å². The normalized spacial score (nSPS) is 11.0. The number of carbonyl (C=O) groups excluding carboxylic acids is 2.